The maximum Gasteiger partial charge on any atom is 0.529 e. The summed E-state index contributed by atoms with van der Waals surface area (Å²) in [4.78, 5) is 28.6. The Balaban J connectivity index is 1.77. The lowest BCUT2D eigenvalue weighted by molar-refractivity contribution is -0.122. The van der Waals surface area contributed by atoms with Crippen molar-refractivity contribution < 1.29 is 27.7 Å². The first-order valence-corrected chi connectivity index (χ1v) is 13.8. The lowest BCUT2D eigenvalue weighted by atomic mass is 9.73. The molecule has 32 heavy (non-hydrogen) atoms. The van der Waals surface area contributed by atoms with Crippen molar-refractivity contribution >= 4 is 37.1 Å². The predicted octanol–water partition coefficient (Wildman–Crippen LogP) is 5.18. The Hall–Kier alpha value is -1.60. The van der Waals surface area contributed by atoms with Crippen LogP contribution in [-0.2, 0) is 27.7 Å². The molecular weight excluding hydrogens is 449 g/mol. The van der Waals surface area contributed by atoms with Crippen LogP contribution in [0.5, 0.6) is 0 Å². The number of phosphoric acid groups is 1. The number of imide groups is 1. The van der Waals surface area contributed by atoms with E-state index in [1.165, 1.54) is 4.90 Å². The van der Waals surface area contributed by atoms with Crippen molar-refractivity contribution in [1.82, 2.24) is 0 Å². The number of nitrogens with zero attached hydrogens (tertiary/aromatic N) is 1. The number of amides is 2. The first-order chi connectivity index (χ1) is 15.5. The third kappa shape index (κ3) is 4.07. The van der Waals surface area contributed by atoms with E-state index in [-0.39, 0.29) is 30.9 Å². The molecule has 4 rings (SSSR count). The monoisotopic (exact) mass is 479 g/mol. The molecule has 0 spiro atoms. The van der Waals surface area contributed by atoms with Gasteiger partial charge in [0.2, 0.25) is 11.8 Å². The maximum atomic E-state index is 13.7. The van der Waals surface area contributed by atoms with E-state index in [1.807, 2.05) is 25.1 Å². The van der Waals surface area contributed by atoms with E-state index in [2.05, 4.69) is 0 Å². The van der Waals surface area contributed by atoms with Crippen LogP contribution >= 0.6 is 19.6 Å². The van der Waals surface area contributed by atoms with Crippen LogP contribution in [0, 0.1) is 17.8 Å². The molecule has 7 nitrogen and oxygen atoms in total. The molecule has 1 saturated heterocycles. The number of fused-ring (bicyclic) bond motifs is 3. The molecular formula is C23H30NO6PS. The largest absolute Gasteiger partial charge is 0.529 e. The molecule has 2 amide bonds. The zero-order chi connectivity index (χ0) is 22.9. The predicted molar refractivity (Wildman–Crippen MR) is 124 cm³/mol. The summed E-state index contributed by atoms with van der Waals surface area (Å²) in [5.74, 6) is -0.186. The van der Waals surface area contributed by atoms with Crippen molar-refractivity contribution in [3.8, 4) is 0 Å². The maximum absolute atomic E-state index is 13.7. The molecule has 3 aliphatic rings. The van der Waals surface area contributed by atoms with Crippen molar-refractivity contribution in [2.75, 3.05) is 23.9 Å². The number of phosphoric ester groups is 1. The normalized spacial score (nSPS) is 27.7. The van der Waals surface area contributed by atoms with Crippen molar-refractivity contribution in [1.29, 1.82) is 0 Å². The van der Waals surface area contributed by atoms with Gasteiger partial charge in [-0.15, -0.1) is 11.8 Å². The lowest BCUT2D eigenvalue weighted by Crippen LogP contribution is -2.40. The lowest BCUT2D eigenvalue weighted by Gasteiger charge is -2.37. The fourth-order valence-corrected chi connectivity index (χ4v) is 7.76. The molecule has 9 heteroatoms. The number of hydrogen-bond donors (Lipinski definition) is 0. The van der Waals surface area contributed by atoms with E-state index < -0.39 is 24.9 Å². The smallest absolute Gasteiger partial charge is 0.407 e. The first kappa shape index (κ1) is 23.6. The minimum absolute atomic E-state index is 0.0921. The number of anilines is 1. The summed E-state index contributed by atoms with van der Waals surface area (Å²) in [5.41, 5.74) is 1.58. The summed E-state index contributed by atoms with van der Waals surface area (Å²) >= 11 is 1.55. The average Bonchev–Trinajstić information content (AvgIpc) is 3.34. The van der Waals surface area contributed by atoms with Gasteiger partial charge >= 0.3 is 7.82 Å². The highest BCUT2D eigenvalue weighted by atomic mass is 32.2. The van der Waals surface area contributed by atoms with E-state index in [0.29, 0.717) is 11.4 Å². The fraction of sp³-hybridized carbons (Fsp3) is 0.565. The number of para-hydroxylation sites is 1. The zero-order valence-electron chi connectivity index (χ0n) is 18.7. The molecule has 0 unspecified atom stereocenters. The number of thioether (sulfide) groups is 1. The van der Waals surface area contributed by atoms with Gasteiger partial charge in [-0.05, 0) is 62.5 Å². The van der Waals surface area contributed by atoms with E-state index in [4.69, 9.17) is 13.6 Å². The van der Waals surface area contributed by atoms with E-state index in [1.54, 1.807) is 37.7 Å². The van der Waals surface area contributed by atoms with Crippen LogP contribution in [0.2, 0.25) is 0 Å². The molecule has 0 N–H and O–H groups in total. The van der Waals surface area contributed by atoms with Gasteiger partial charge in [0.05, 0.1) is 36.0 Å². The Bertz CT molecular complexity index is 941. The van der Waals surface area contributed by atoms with Gasteiger partial charge in [-0.3, -0.25) is 18.6 Å². The van der Waals surface area contributed by atoms with Crippen LogP contribution in [0.3, 0.4) is 0 Å². The van der Waals surface area contributed by atoms with Crippen LogP contribution in [0.25, 0.3) is 0 Å². The molecule has 0 radical (unpaired) electrons. The highest BCUT2D eigenvalue weighted by molar-refractivity contribution is 8.00. The Kier molecular flexibility index (Phi) is 7.15. The molecule has 2 fully saturated rings. The van der Waals surface area contributed by atoms with Gasteiger partial charge < -0.3 is 4.52 Å². The van der Waals surface area contributed by atoms with Gasteiger partial charge in [0.1, 0.15) is 5.76 Å². The molecule has 1 heterocycles. The van der Waals surface area contributed by atoms with E-state index >= 15 is 0 Å². The zero-order valence-corrected chi connectivity index (χ0v) is 20.4. The van der Waals surface area contributed by atoms with Crippen LogP contribution < -0.4 is 4.90 Å². The van der Waals surface area contributed by atoms with E-state index in [9.17, 15) is 14.2 Å². The van der Waals surface area contributed by atoms with Gasteiger partial charge in [0, 0.05) is 0 Å². The van der Waals surface area contributed by atoms with E-state index in [0.717, 1.165) is 30.6 Å². The Morgan fingerprint density at radius 1 is 1.03 bits per heavy atom. The molecule has 1 saturated carbocycles. The number of carbonyl (C=O) groups excluding carboxylic acids is 2. The van der Waals surface area contributed by atoms with Gasteiger partial charge in [-0.2, -0.15) is 0 Å². The molecule has 1 aromatic rings. The van der Waals surface area contributed by atoms with Crippen molar-refractivity contribution in [3.63, 3.8) is 0 Å². The highest BCUT2D eigenvalue weighted by Gasteiger charge is 2.60. The number of carbonyl (C=O) groups is 2. The Morgan fingerprint density at radius 3 is 2.31 bits per heavy atom. The summed E-state index contributed by atoms with van der Waals surface area (Å²) in [7, 11) is -3.82. The van der Waals surface area contributed by atoms with Crippen LogP contribution in [0.15, 0.2) is 41.7 Å². The minimum Gasteiger partial charge on any atom is -0.407 e. The average molecular weight is 480 g/mol. The summed E-state index contributed by atoms with van der Waals surface area (Å²) in [5, 5.41) is -0.409. The number of allylic oxidation sites excluding steroid dienone is 1. The fourth-order valence-electron chi connectivity index (χ4n) is 5.20. The number of benzene rings is 1. The second-order valence-corrected chi connectivity index (χ2v) is 11.0. The van der Waals surface area contributed by atoms with Gasteiger partial charge in [0.25, 0.3) is 0 Å². The van der Waals surface area contributed by atoms with Crippen LogP contribution in [-0.4, -0.2) is 36.0 Å². The Labute approximate surface area is 193 Å². The van der Waals surface area contributed by atoms with Crippen molar-refractivity contribution in [2.45, 2.75) is 45.3 Å². The van der Waals surface area contributed by atoms with Crippen LogP contribution in [0.1, 0.15) is 40.0 Å². The third-order valence-corrected chi connectivity index (χ3v) is 9.06. The van der Waals surface area contributed by atoms with Gasteiger partial charge in [-0.1, -0.05) is 25.1 Å². The summed E-state index contributed by atoms with van der Waals surface area (Å²) < 4.78 is 30.1. The SMILES string of the molecule is CCOP(=O)(OCC)OC1=C2CCC[C@@H]2[C@@H]2C(=O)N(c3ccccc3)C(=O)[C@@H]2[C@@H]1SCC. The minimum atomic E-state index is -3.82. The van der Waals surface area contributed by atoms with Gasteiger partial charge in [0.15, 0.2) is 0 Å². The molecule has 1 aromatic carbocycles. The first-order valence-electron chi connectivity index (χ1n) is 11.3. The molecule has 1 aliphatic heterocycles. The molecule has 0 bridgehead atoms. The quantitative estimate of drug-likeness (QED) is 0.357. The summed E-state index contributed by atoms with van der Waals surface area (Å²) in [6, 6.07) is 9.08. The molecule has 174 valence electrons. The standard InChI is InChI=1S/C23H30NO6PS/c1-4-28-31(27,29-5-2)30-20-17-14-10-13-16(17)18-19(21(20)32-6-3)23(26)24(22(18)25)15-11-8-7-9-12-15/h7-9,11-12,16,18-19,21H,4-6,10,13-14H2,1-3H3/t16-,18-,19-,21-/m0/s1. The number of hydrogen-bond acceptors (Lipinski definition) is 7. The van der Waals surface area contributed by atoms with Crippen molar-refractivity contribution in [3.05, 3.63) is 41.7 Å². The van der Waals surface area contributed by atoms with Crippen LogP contribution in [0.4, 0.5) is 5.69 Å². The second-order valence-electron chi connectivity index (χ2n) is 8.04. The summed E-state index contributed by atoms with van der Waals surface area (Å²) in [6.07, 6.45) is 2.47. The third-order valence-electron chi connectivity index (χ3n) is 6.29. The number of rotatable bonds is 9. The summed E-state index contributed by atoms with van der Waals surface area (Å²) in [6.45, 7) is 5.83. The second kappa shape index (κ2) is 9.72. The molecule has 0 aromatic heterocycles. The van der Waals surface area contributed by atoms with Crippen molar-refractivity contribution in [2.24, 2.45) is 17.8 Å². The topological polar surface area (TPSA) is 82.1 Å². The Morgan fingerprint density at radius 2 is 1.69 bits per heavy atom. The van der Waals surface area contributed by atoms with Gasteiger partial charge in [-0.25, -0.2) is 9.46 Å². The molecule has 4 atom stereocenters. The molecule has 2 aliphatic carbocycles. The highest BCUT2D eigenvalue weighted by Crippen LogP contribution is 2.60.